The van der Waals surface area contributed by atoms with Crippen LogP contribution in [0.1, 0.15) is 10.4 Å². The van der Waals surface area contributed by atoms with Crippen LogP contribution in [-0.2, 0) is 27.7 Å². The molecule has 0 amide bonds. The number of aromatic nitrogens is 4. The van der Waals surface area contributed by atoms with Crippen LogP contribution in [-0.4, -0.2) is 24.1 Å². The Hall–Kier alpha value is -3.68. The Kier molecular flexibility index (Phi) is 3.92. The number of nitrogens with zero attached hydrogens (tertiary/aromatic N) is 4. The molecule has 0 bridgehead atoms. The third-order valence-corrected chi connectivity index (χ3v) is 5.14. The van der Waals surface area contributed by atoms with E-state index in [1.807, 2.05) is 0 Å². The first-order valence-electron chi connectivity index (χ1n) is 8.68. The number of imidazole rings is 1. The van der Waals surface area contributed by atoms with Crippen molar-refractivity contribution in [2.45, 2.75) is 6.54 Å². The van der Waals surface area contributed by atoms with Gasteiger partial charge in [0.15, 0.2) is 5.78 Å². The molecule has 0 saturated heterocycles. The van der Waals surface area contributed by atoms with Gasteiger partial charge in [0.25, 0.3) is 5.56 Å². The minimum atomic E-state index is -0.551. The minimum absolute atomic E-state index is 0.181. The molecule has 0 aliphatic rings. The van der Waals surface area contributed by atoms with Gasteiger partial charge in [0.1, 0.15) is 0 Å². The number of aryl methyl sites for hydroxylation is 2. The van der Waals surface area contributed by atoms with Gasteiger partial charge in [-0.05, 0) is 30.3 Å². The number of carbonyl (C=O) groups is 1. The van der Waals surface area contributed by atoms with Crippen LogP contribution in [0.15, 0.2) is 56.8 Å². The van der Waals surface area contributed by atoms with E-state index in [9.17, 15) is 19.2 Å². The van der Waals surface area contributed by atoms with Gasteiger partial charge >= 0.3 is 11.4 Å². The van der Waals surface area contributed by atoms with E-state index in [2.05, 4.69) is 0 Å². The van der Waals surface area contributed by atoms with E-state index in [0.29, 0.717) is 27.5 Å². The Balaban J connectivity index is 1.85. The Labute approximate surface area is 158 Å². The summed E-state index contributed by atoms with van der Waals surface area (Å²) in [5.74, 6) is -0.288. The quantitative estimate of drug-likeness (QED) is 0.493. The van der Waals surface area contributed by atoms with E-state index in [1.54, 1.807) is 56.6 Å². The molecule has 2 aromatic carbocycles. The van der Waals surface area contributed by atoms with Gasteiger partial charge in [-0.3, -0.25) is 27.9 Å². The van der Waals surface area contributed by atoms with Crippen molar-refractivity contribution >= 4 is 27.7 Å². The molecule has 0 aliphatic carbocycles. The summed E-state index contributed by atoms with van der Waals surface area (Å²) in [6.45, 7) is -0.209. The van der Waals surface area contributed by atoms with Crippen molar-refractivity contribution in [3.8, 4) is 0 Å². The summed E-state index contributed by atoms with van der Waals surface area (Å²) in [7, 11) is 4.70. The lowest BCUT2D eigenvalue weighted by Gasteiger charge is -2.11. The number of rotatable bonds is 3. The first-order valence-corrected chi connectivity index (χ1v) is 8.68. The average Bonchev–Trinajstić information content (AvgIpc) is 2.93. The molecule has 4 rings (SSSR count). The third-order valence-electron chi connectivity index (χ3n) is 5.14. The maximum absolute atomic E-state index is 12.9. The minimum Gasteiger partial charge on any atom is -0.295 e. The predicted octanol–water partition coefficient (Wildman–Crippen LogP) is 0.774. The van der Waals surface area contributed by atoms with Gasteiger partial charge in [-0.25, -0.2) is 9.59 Å². The summed E-state index contributed by atoms with van der Waals surface area (Å²) in [6, 6.07) is 11.7. The van der Waals surface area contributed by atoms with Crippen LogP contribution in [0.25, 0.3) is 21.9 Å². The van der Waals surface area contributed by atoms with Gasteiger partial charge in [0.05, 0.1) is 28.5 Å². The zero-order chi connectivity index (χ0) is 20.2. The lowest BCUT2D eigenvalue weighted by atomic mass is 10.1. The van der Waals surface area contributed by atoms with Crippen molar-refractivity contribution in [1.82, 2.24) is 18.3 Å². The monoisotopic (exact) mass is 378 g/mol. The first-order chi connectivity index (χ1) is 13.3. The number of ketones is 1. The number of hydrogen-bond donors (Lipinski definition) is 0. The standard InChI is InChI=1S/C20H18N4O4/c1-21-15-9-8-12(10-16(15)22(2)19(21)27)17(25)11-24-14-7-5-4-6-13(14)18(26)23(3)20(24)28/h4-10H,11H2,1-3H3. The van der Waals surface area contributed by atoms with Gasteiger partial charge in [-0.1, -0.05) is 12.1 Å². The zero-order valence-corrected chi connectivity index (χ0v) is 15.7. The van der Waals surface area contributed by atoms with E-state index in [-0.39, 0.29) is 18.0 Å². The van der Waals surface area contributed by atoms with Crippen LogP contribution in [0, 0.1) is 0 Å². The summed E-state index contributed by atoms with van der Waals surface area (Å²) in [5.41, 5.74) is 1.02. The number of para-hydroxylation sites is 1. The summed E-state index contributed by atoms with van der Waals surface area (Å²) in [6.07, 6.45) is 0. The van der Waals surface area contributed by atoms with Crippen molar-refractivity contribution in [1.29, 1.82) is 0 Å². The second kappa shape index (κ2) is 6.19. The average molecular weight is 378 g/mol. The fraction of sp³-hybridized carbons (Fsp3) is 0.200. The molecule has 0 saturated carbocycles. The van der Waals surface area contributed by atoms with Crippen LogP contribution in [0.4, 0.5) is 0 Å². The van der Waals surface area contributed by atoms with Crippen molar-refractivity contribution in [2.24, 2.45) is 21.1 Å². The van der Waals surface area contributed by atoms with E-state index < -0.39 is 11.2 Å². The molecule has 0 atom stereocenters. The third kappa shape index (κ3) is 2.45. The second-order valence-corrected chi connectivity index (χ2v) is 6.78. The Morgan fingerprint density at radius 2 is 1.46 bits per heavy atom. The van der Waals surface area contributed by atoms with Gasteiger partial charge in [-0.15, -0.1) is 0 Å². The highest BCUT2D eigenvalue weighted by Gasteiger charge is 2.16. The zero-order valence-electron chi connectivity index (χ0n) is 15.7. The second-order valence-electron chi connectivity index (χ2n) is 6.78. The maximum atomic E-state index is 12.9. The van der Waals surface area contributed by atoms with Crippen LogP contribution in [0.2, 0.25) is 0 Å². The van der Waals surface area contributed by atoms with Crippen LogP contribution in [0.5, 0.6) is 0 Å². The predicted molar refractivity (Wildman–Crippen MR) is 106 cm³/mol. The van der Waals surface area contributed by atoms with Crippen LogP contribution < -0.4 is 16.9 Å². The molecule has 142 valence electrons. The highest BCUT2D eigenvalue weighted by molar-refractivity contribution is 5.99. The number of carbonyl (C=O) groups excluding carboxylic acids is 1. The van der Waals surface area contributed by atoms with E-state index in [4.69, 9.17) is 0 Å². The topological polar surface area (TPSA) is 88.0 Å². The maximum Gasteiger partial charge on any atom is 0.331 e. The van der Waals surface area contributed by atoms with Crippen molar-refractivity contribution < 1.29 is 4.79 Å². The molecule has 4 aromatic rings. The van der Waals surface area contributed by atoms with Crippen molar-refractivity contribution in [3.63, 3.8) is 0 Å². The molecule has 0 N–H and O–H groups in total. The normalized spacial score (nSPS) is 11.4. The molecule has 0 radical (unpaired) electrons. The highest BCUT2D eigenvalue weighted by Crippen LogP contribution is 2.16. The summed E-state index contributed by atoms with van der Waals surface area (Å²) >= 11 is 0. The number of fused-ring (bicyclic) bond motifs is 2. The summed E-state index contributed by atoms with van der Waals surface area (Å²) in [4.78, 5) is 49.9. The lowest BCUT2D eigenvalue weighted by Crippen LogP contribution is -2.39. The number of benzene rings is 2. The molecule has 0 aliphatic heterocycles. The smallest absolute Gasteiger partial charge is 0.295 e. The van der Waals surface area contributed by atoms with Gasteiger partial charge in [0, 0.05) is 26.7 Å². The molecule has 0 fully saturated rings. The number of Topliss-reactive ketones (excluding diaryl/α,β-unsaturated/α-hetero) is 1. The van der Waals surface area contributed by atoms with E-state index >= 15 is 0 Å². The Morgan fingerprint density at radius 3 is 2.21 bits per heavy atom. The molecule has 0 spiro atoms. The van der Waals surface area contributed by atoms with Gasteiger partial charge in [-0.2, -0.15) is 0 Å². The molecule has 0 unspecified atom stereocenters. The first kappa shape index (κ1) is 17.7. The molecule has 8 nitrogen and oxygen atoms in total. The largest absolute Gasteiger partial charge is 0.331 e. The summed E-state index contributed by atoms with van der Waals surface area (Å²) < 4.78 is 5.28. The van der Waals surface area contributed by atoms with Gasteiger partial charge < -0.3 is 0 Å². The molecule has 28 heavy (non-hydrogen) atoms. The fourth-order valence-electron chi connectivity index (χ4n) is 3.51. The molecular weight excluding hydrogens is 360 g/mol. The molecular formula is C20H18N4O4. The van der Waals surface area contributed by atoms with Crippen LogP contribution in [0.3, 0.4) is 0 Å². The molecule has 2 aromatic heterocycles. The SMILES string of the molecule is Cn1c(=O)c2ccccc2n(CC(=O)c2ccc3c(c2)n(C)c(=O)n3C)c1=O. The van der Waals surface area contributed by atoms with E-state index in [1.165, 1.54) is 20.7 Å². The van der Waals surface area contributed by atoms with Crippen LogP contribution >= 0.6 is 0 Å². The Bertz CT molecular complexity index is 1450. The van der Waals surface area contributed by atoms with E-state index in [0.717, 1.165) is 4.57 Å². The molecule has 8 heteroatoms. The number of hydrogen-bond acceptors (Lipinski definition) is 4. The van der Waals surface area contributed by atoms with Gasteiger partial charge in [0.2, 0.25) is 0 Å². The van der Waals surface area contributed by atoms with Crippen molar-refractivity contribution in [3.05, 3.63) is 79.4 Å². The van der Waals surface area contributed by atoms with Crippen molar-refractivity contribution in [2.75, 3.05) is 0 Å². The fourth-order valence-corrected chi connectivity index (χ4v) is 3.51. The Morgan fingerprint density at radius 1 is 0.786 bits per heavy atom. The highest BCUT2D eigenvalue weighted by atomic mass is 16.2. The lowest BCUT2D eigenvalue weighted by molar-refractivity contribution is 0.0971. The summed E-state index contributed by atoms with van der Waals surface area (Å²) in [5, 5.41) is 0.373. The molecule has 2 heterocycles.